The molecule has 0 spiro atoms. The molecule has 0 aliphatic carbocycles. The van der Waals surface area contributed by atoms with E-state index in [0.717, 1.165) is 16.9 Å². The van der Waals surface area contributed by atoms with Crippen LogP contribution in [0.4, 0.5) is 11.4 Å². The maximum absolute atomic E-state index is 12.9. The summed E-state index contributed by atoms with van der Waals surface area (Å²) in [6.45, 7) is 0.726. The Balaban J connectivity index is 1.71. The van der Waals surface area contributed by atoms with E-state index in [-0.39, 0.29) is 12.5 Å². The fourth-order valence-corrected chi connectivity index (χ4v) is 2.95. The molecule has 0 saturated carbocycles. The van der Waals surface area contributed by atoms with Gasteiger partial charge in [-0.1, -0.05) is 65.7 Å². The molecule has 0 aromatic heterocycles. The summed E-state index contributed by atoms with van der Waals surface area (Å²) in [5, 5.41) is 4.20. The van der Waals surface area contributed by atoms with Gasteiger partial charge in [0.15, 0.2) is 0 Å². The van der Waals surface area contributed by atoms with Gasteiger partial charge in [0.05, 0.1) is 16.6 Å². The lowest BCUT2D eigenvalue weighted by molar-refractivity contribution is -0.117. The van der Waals surface area contributed by atoms with Crippen molar-refractivity contribution < 1.29 is 4.79 Å². The number of halogens is 2. The fraction of sp³-hybridized carbons (Fsp3) is 0.0952. The number of hydrogen-bond donors (Lipinski definition) is 1. The summed E-state index contributed by atoms with van der Waals surface area (Å²) in [6.07, 6.45) is 0. The van der Waals surface area contributed by atoms with Gasteiger partial charge < -0.3 is 5.32 Å². The Hall–Kier alpha value is -2.33. The van der Waals surface area contributed by atoms with Gasteiger partial charge in [-0.15, -0.1) is 0 Å². The van der Waals surface area contributed by atoms with Crippen LogP contribution >= 0.6 is 23.2 Å². The molecule has 0 aliphatic heterocycles. The molecule has 3 aromatic rings. The number of anilines is 2. The van der Waals surface area contributed by atoms with Crippen molar-refractivity contribution in [3.05, 3.63) is 94.5 Å². The van der Waals surface area contributed by atoms with Crippen molar-refractivity contribution in [3.63, 3.8) is 0 Å². The Labute approximate surface area is 163 Å². The lowest BCUT2D eigenvalue weighted by atomic mass is 10.2. The van der Waals surface area contributed by atoms with Crippen LogP contribution in [0.5, 0.6) is 0 Å². The van der Waals surface area contributed by atoms with Gasteiger partial charge in [0.1, 0.15) is 0 Å². The van der Waals surface area contributed by atoms with Gasteiger partial charge in [-0.3, -0.25) is 9.69 Å². The number of nitrogens with zero attached hydrogens (tertiary/aromatic N) is 1. The van der Waals surface area contributed by atoms with Gasteiger partial charge in [0.25, 0.3) is 0 Å². The average Bonchev–Trinajstić information content (AvgIpc) is 2.67. The highest BCUT2D eigenvalue weighted by Crippen LogP contribution is 2.25. The standard InChI is InChI=1S/C21H18Cl2N2O/c22-19-12-11-16(13-20(19)23)14-24-15-21(26)25(17-7-3-1-4-8-17)18-9-5-2-6-10-18/h1-13,24H,14-15H2. The molecule has 0 saturated heterocycles. The van der Waals surface area contributed by atoms with Crippen LogP contribution < -0.4 is 10.2 Å². The van der Waals surface area contributed by atoms with E-state index in [0.29, 0.717) is 16.6 Å². The van der Waals surface area contributed by atoms with E-state index in [4.69, 9.17) is 23.2 Å². The number of hydrogen-bond acceptors (Lipinski definition) is 2. The topological polar surface area (TPSA) is 32.3 Å². The van der Waals surface area contributed by atoms with E-state index >= 15 is 0 Å². The van der Waals surface area contributed by atoms with Crippen molar-refractivity contribution >= 4 is 40.5 Å². The molecule has 5 heteroatoms. The van der Waals surface area contributed by atoms with E-state index in [2.05, 4.69) is 5.32 Å². The number of amides is 1. The van der Waals surface area contributed by atoms with Crippen LogP contribution in [0.15, 0.2) is 78.9 Å². The van der Waals surface area contributed by atoms with Crippen molar-refractivity contribution in [3.8, 4) is 0 Å². The molecule has 0 unspecified atom stereocenters. The zero-order valence-corrected chi connectivity index (χ0v) is 15.5. The quantitative estimate of drug-likeness (QED) is 0.612. The molecule has 0 heterocycles. The molecule has 0 radical (unpaired) electrons. The van der Waals surface area contributed by atoms with E-state index in [1.54, 1.807) is 17.0 Å². The first-order chi connectivity index (χ1) is 12.6. The van der Waals surface area contributed by atoms with Crippen LogP contribution in [0, 0.1) is 0 Å². The Kier molecular flexibility index (Phi) is 6.29. The Morgan fingerprint density at radius 3 is 1.92 bits per heavy atom. The predicted molar refractivity (Wildman–Crippen MR) is 108 cm³/mol. The minimum absolute atomic E-state index is 0.0394. The third-order valence-electron chi connectivity index (χ3n) is 3.87. The smallest absolute Gasteiger partial charge is 0.245 e. The minimum Gasteiger partial charge on any atom is -0.304 e. The molecular weight excluding hydrogens is 367 g/mol. The number of carbonyl (C=O) groups is 1. The van der Waals surface area contributed by atoms with Crippen LogP contribution in [0.3, 0.4) is 0 Å². The summed E-state index contributed by atoms with van der Waals surface area (Å²) < 4.78 is 0. The van der Waals surface area contributed by atoms with Crippen molar-refractivity contribution in [2.75, 3.05) is 11.4 Å². The normalized spacial score (nSPS) is 10.5. The molecule has 132 valence electrons. The van der Waals surface area contributed by atoms with Crippen LogP contribution in [-0.2, 0) is 11.3 Å². The van der Waals surface area contributed by atoms with Gasteiger partial charge in [0.2, 0.25) is 5.91 Å². The van der Waals surface area contributed by atoms with Crippen LogP contribution in [-0.4, -0.2) is 12.5 Å². The number of benzene rings is 3. The predicted octanol–water partition coefficient (Wildman–Crippen LogP) is 5.45. The highest BCUT2D eigenvalue weighted by atomic mass is 35.5. The Morgan fingerprint density at radius 2 is 1.38 bits per heavy atom. The molecule has 0 fully saturated rings. The maximum atomic E-state index is 12.9. The van der Waals surface area contributed by atoms with Gasteiger partial charge in [-0.05, 0) is 42.0 Å². The monoisotopic (exact) mass is 384 g/mol. The summed E-state index contributed by atoms with van der Waals surface area (Å²) in [4.78, 5) is 14.6. The SMILES string of the molecule is O=C(CNCc1ccc(Cl)c(Cl)c1)N(c1ccccc1)c1ccccc1. The zero-order valence-electron chi connectivity index (χ0n) is 14.0. The lowest BCUT2D eigenvalue weighted by Crippen LogP contribution is -2.35. The molecular formula is C21H18Cl2N2O. The Morgan fingerprint density at radius 1 is 0.808 bits per heavy atom. The third-order valence-corrected chi connectivity index (χ3v) is 4.61. The van der Waals surface area contributed by atoms with Gasteiger partial charge in [-0.25, -0.2) is 0 Å². The first kappa shape index (κ1) is 18.5. The fourth-order valence-electron chi connectivity index (χ4n) is 2.63. The van der Waals surface area contributed by atoms with E-state index in [1.807, 2.05) is 66.7 Å². The second-order valence-electron chi connectivity index (χ2n) is 5.75. The van der Waals surface area contributed by atoms with Crippen LogP contribution in [0.1, 0.15) is 5.56 Å². The minimum atomic E-state index is -0.0394. The molecule has 3 nitrogen and oxygen atoms in total. The molecule has 0 atom stereocenters. The zero-order chi connectivity index (χ0) is 18.4. The number of rotatable bonds is 6. The maximum Gasteiger partial charge on any atom is 0.245 e. The van der Waals surface area contributed by atoms with Crippen LogP contribution in [0.2, 0.25) is 10.0 Å². The third kappa shape index (κ3) is 4.64. The van der Waals surface area contributed by atoms with E-state index < -0.39 is 0 Å². The van der Waals surface area contributed by atoms with Crippen molar-refractivity contribution in [2.45, 2.75) is 6.54 Å². The first-order valence-corrected chi connectivity index (χ1v) is 8.98. The second-order valence-corrected chi connectivity index (χ2v) is 6.57. The second kappa shape index (κ2) is 8.86. The molecule has 0 bridgehead atoms. The Bertz CT molecular complexity index is 830. The van der Waals surface area contributed by atoms with Crippen molar-refractivity contribution in [1.29, 1.82) is 0 Å². The first-order valence-electron chi connectivity index (χ1n) is 8.23. The lowest BCUT2D eigenvalue weighted by Gasteiger charge is -2.23. The highest BCUT2D eigenvalue weighted by Gasteiger charge is 2.17. The molecule has 1 N–H and O–H groups in total. The summed E-state index contributed by atoms with van der Waals surface area (Å²) in [6, 6.07) is 24.7. The molecule has 0 aliphatic rings. The number of carbonyl (C=O) groups excluding carboxylic acids is 1. The van der Waals surface area contributed by atoms with Gasteiger partial charge in [-0.2, -0.15) is 0 Å². The number of para-hydroxylation sites is 2. The van der Waals surface area contributed by atoms with Crippen molar-refractivity contribution in [2.24, 2.45) is 0 Å². The average molecular weight is 385 g/mol. The summed E-state index contributed by atoms with van der Waals surface area (Å²) in [7, 11) is 0. The van der Waals surface area contributed by atoms with Crippen molar-refractivity contribution in [1.82, 2.24) is 5.32 Å². The van der Waals surface area contributed by atoms with Gasteiger partial charge >= 0.3 is 0 Å². The summed E-state index contributed by atoms with van der Waals surface area (Å²) in [5.41, 5.74) is 2.64. The molecule has 3 aromatic carbocycles. The largest absolute Gasteiger partial charge is 0.304 e. The van der Waals surface area contributed by atoms with Gasteiger partial charge in [0, 0.05) is 17.9 Å². The molecule has 1 amide bonds. The molecule has 26 heavy (non-hydrogen) atoms. The van der Waals surface area contributed by atoms with E-state index in [1.165, 1.54) is 0 Å². The molecule has 3 rings (SSSR count). The summed E-state index contributed by atoms with van der Waals surface area (Å²) >= 11 is 12.0. The van der Waals surface area contributed by atoms with E-state index in [9.17, 15) is 4.79 Å². The highest BCUT2D eigenvalue weighted by molar-refractivity contribution is 6.42. The van der Waals surface area contributed by atoms with Crippen LogP contribution in [0.25, 0.3) is 0 Å². The summed E-state index contributed by atoms with van der Waals surface area (Å²) in [5.74, 6) is -0.0394. The number of nitrogens with one attached hydrogen (secondary N) is 1.